The van der Waals surface area contributed by atoms with Crippen molar-refractivity contribution in [3.63, 3.8) is 0 Å². The maximum Gasteiger partial charge on any atom is 0.0829 e. The average molecular weight is 229 g/mol. The lowest BCUT2D eigenvalue weighted by Crippen LogP contribution is -2.49. The molecule has 0 aromatic carbocycles. The summed E-state index contributed by atoms with van der Waals surface area (Å²) in [6.07, 6.45) is 1.43. The molecule has 4 heteroatoms. The van der Waals surface area contributed by atoms with Crippen LogP contribution in [0.25, 0.3) is 0 Å². The summed E-state index contributed by atoms with van der Waals surface area (Å²) in [5, 5.41) is 0. The van der Waals surface area contributed by atoms with Crippen molar-refractivity contribution in [2.75, 3.05) is 46.4 Å². The summed E-state index contributed by atoms with van der Waals surface area (Å²) in [6.45, 7) is 10.4. The number of hydrogen-bond acceptors (Lipinski definition) is 4. The van der Waals surface area contributed by atoms with Crippen LogP contribution in [-0.4, -0.2) is 68.3 Å². The highest BCUT2D eigenvalue weighted by Crippen LogP contribution is 2.09. The van der Waals surface area contributed by atoms with Gasteiger partial charge in [-0.15, -0.1) is 0 Å². The lowest BCUT2D eigenvalue weighted by Gasteiger charge is -2.37. The second-order valence-corrected chi connectivity index (χ2v) is 4.99. The number of nitrogens with two attached hydrogens (primary N) is 1. The lowest BCUT2D eigenvalue weighted by atomic mass is 10.2. The zero-order valence-corrected chi connectivity index (χ0v) is 11.0. The van der Waals surface area contributed by atoms with Crippen molar-refractivity contribution >= 4 is 0 Å². The number of hydrogen-bond donors (Lipinski definition) is 1. The van der Waals surface area contributed by atoms with Crippen molar-refractivity contribution in [2.45, 2.75) is 32.4 Å². The minimum absolute atomic E-state index is 0.360. The van der Waals surface area contributed by atoms with Crippen LogP contribution in [0.4, 0.5) is 0 Å². The molecule has 96 valence electrons. The Morgan fingerprint density at radius 2 is 2.25 bits per heavy atom. The third-order valence-electron chi connectivity index (χ3n) is 3.16. The van der Waals surface area contributed by atoms with Crippen molar-refractivity contribution in [2.24, 2.45) is 5.73 Å². The van der Waals surface area contributed by atoms with E-state index in [1.807, 2.05) is 0 Å². The van der Waals surface area contributed by atoms with E-state index in [1.54, 1.807) is 0 Å². The summed E-state index contributed by atoms with van der Waals surface area (Å²) in [4.78, 5) is 4.81. The second kappa shape index (κ2) is 7.22. The van der Waals surface area contributed by atoms with Crippen LogP contribution < -0.4 is 5.73 Å². The maximum atomic E-state index is 5.79. The van der Waals surface area contributed by atoms with E-state index < -0.39 is 0 Å². The van der Waals surface area contributed by atoms with Crippen LogP contribution in [0.15, 0.2) is 0 Å². The van der Waals surface area contributed by atoms with Crippen LogP contribution in [0.3, 0.4) is 0 Å². The summed E-state index contributed by atoms with van der Waals surface area (Å²) in [5.74, 6) is 0. The summed E-state index contributed by atoms with van der Waals surface area (Å²) < 4.78 is 5.79. The molecular weight excluding hydrogens is 202 g/mol. The van der Waals surface area contributed by atoms with E-state index in [0.29, 0.717) is 12.1 Å². The van der Waals surface area contributed by atoms with Gasteiger partial charge in [0.1, 0.15) is 0 Å². The quantitative estimate of drug-likeness (QED) is 0.715. The number of morpholine rings is 1. The molecule has 1 fully saturated rings. The maximum absolute atomic E-state index is 5.79. The Bertz CT molecular complexity index is 187. The fourth-order valence-electron chi connectivity index (χ4n) is 2.12. The predicted molar refractivity (Wildman–Crippen MR) is 67.6 cm³/mol. The topological polar surface area (TPSA) is 41.7 Å². The molecular formula is C12H27N3O. The van der Waals surface area contributed by atoms with Crippen molar-refractivity contribution < 1.29 is 4.74 Å². The Balaban J connectivity index is 2.25. The summed E-state index contributed by atoms with van der Waals surface area (Å²) in [6, 6.07) is 0.626. The van der Waals surface area contributed by atoms with Crippen molar-refractivity contribution in [1.82, 2.24) is 9.80 Å². The van der Waals surface area contributed by atoms with Gasteiger partial charge in [0.05, 0.1) is 12.7 Å². The largest absolute Gasteiger partial charge is 0.374 e. The number of ether oxygens (including phenoxy) is 1. The number of rotatable bonds is 6. The summed E-state index contributed by atoms with van der Waals surface area (Å²) in [5.41, 5.74) is 5.51. The first kappa shape index (κ1) is 13.9. The SMILES string of the molecule is CC(C)N1CCOC(CN(C)CCCN)C1. The van der Waals surface area contributed by atoms with E-state index in [2.05, 4.69) is 30.7 Å². The molecule has 0 bridgehead atoms. The third kappa shape index (κ3) is 4.78. The van der Waals surface area contributed by atoms with Crippen LogP contribution in [0.5, 0.6) is 0 Å². The highest BCUT2D eigenvalue weighted by atomic mass is 16.5. The van der Waals surface area contributed by atoms with Gasteiger partial charge in [-0.05, 0) is 40.4 Å². The van der Waals surface area contributed by atoms with E-state index in [4.69, 9.17) is 10.5 Å². The van der Waals surface area contributed by atoms with Crippen LogP contribution in [0, 0.1) is 0 Å². The van der Waals surface area contributed by atoms with Crippen LogP contribution in [-0.2, 0) is 4.74 Å². The molecule has 0 saturated carbocycles. The van der Waals surface area contributed by atoms with Crippen molar-refractivity contribution in [3.05, 3.63) is 0 Å². The molecule has 1 aliphatic rings. The number of nitrogens with zero attached hydrogens (tertiary/aromatic N) is 2. The zero-order chi connectivity index (χ0) is 12.0. The molecule has 0 spiro atoms. The molecule has 1 saturated heterocycles. The normalized spacial score (nSPS) is 23.2. The molecule has 1 heterocycles. The van der Waals surface area contributed by atoms with E-state index in [1.165, 1.54) is 0 Å². The lowest BCUT2D eigenvalue weighted by molar-refractivity contribution is -0.0495. The first-order valence-electron chi connectivity index (χ1n) is 6.37. The fourth-order valence-corrected chi connectivity index (χ4v) is 2.12. The van der Waals surface area contributed by atoms with Gasteiger partial charge < -0.3 is 15.4 Å². The Morgan fingerprint density at radius 3 is 2.88 bits per heavy atom. The molecule has 0 aliphatic carbocycles. The molecule has 16 heavy (non-hydrogen) atoms. The molecule has 4 nitrogen and oxygen atoms in total. The van der Waals surface area contributed by atoms with E-state index in [-0.39, 0.29) is 0 Å². The Kier molecular flexibility index (Phi) is 6.28. The van der Waals surface area contributed by atoms with Crippen LogP contribution in [0.1, 0.15) is 20.3 Å². The Labute approximate surface area is 99.7 Å². The van der Waals surface area contributed by atoms with Gasteiger partial charge in [0.2, 0.25) is 0 Å². The zero-order valence-electron chi connectivity index (χ0n) is 11.0. The van der Waals surface area contributed by atoms with Gasteiger partial charge in [-0.25, -0.2) is 0 Å². The molecule has 1 atom stereocenters. The van der Waals surface area contributed by atoms with Gasteiger partial charge in [0.15, 0.2) is 0 Å². The first-order valence-corrected chi connectivity index (χ1v) is 6.37. The number of likely N-dealkylation sites (N-methyl/N-ethyl adjacent to an activating group) is 1. The van der Waals surface area contributed by atoms with Gasteiger partial charge in [0.25, 0.3) is 0 Å². The smallest absolute Gasteiger partial charge is 0.0829 e. The van der Waals surface area contributed by atoms with Crippen molar-refractivity contribution in [3.8, 4) is 0 Å². The van der Waals surface area contributed by atoms with Gasteiger partial charge in [-0.1, -0.05) is 0 Å². The second-order valence-electron chi connectivity index (χ2n) is 4.99. The minimum Gasteiger partial charge on any atom is -0.374 e. The average Bonchev–Trinajstić information content (AvgIpc) is 2.26. The van der Waals surface area contributed by atoms with Crippen LogP contribution in [0.2, 0.25) is 0 Å². The van der Waals surface area contributed by atoms with E-state index in [0.717, 1.165) is 45.8 Å². The highest BCUT2D eigenvalue weighted by Gasteiger charge is 2.22. The Hall–Kier alpha value is -0.160. The molecule has 0 amide bonds. The van der Waals surface area contributed by atoms with Gasteiger partial charge >= 0.3 is 0 Å². The minimum atomic E-state index is 0.360. The van der Waals surface area contributed by atoms with Gasteiger partial charge in [-0.3, -0.25) is 4.90 Å². The van der Waals surface area contributed by atoms with Gasteiger partial charge in [-0.2, -0.15) is 0 Å². The van der Waals surface area contributed by atoms with Gasteiger partial charge in [0, 0.05) is 25.7 Å². The molecule has 0 radical (unpaired) electrons. The monoisotopic (exact) mass is 229 g/mol. The molecule has 0 aromatic rings. The highest BCUT2D eigenvalue weighted by molar-refractivity contribution is 4.76. The standard InChI is InChI=1S/C12H27N3O/c1-11(2)15-7-8-16-12(10-15)9-14(3)6-4-5-13/h11-12H,4-10,13H2,1-3H3. The van der Waals surface area contributed by atoms with E-state index >= 15 is 0 Å². The molecule has 1 rings (SSSR count). The van der Waals surface area contributed by atoms with Crippen LogP contribution >= 0.6 is 0 Å². The molecule has 1 unspecified atom stereocenters. The Morgan fingerprint density at radius 1 is 1.50 bits per heavy atom. The summed E-state index contributed by atoms with van der Waals surface area (Å²) >= 11 is 0. The van der Waals surface area contributed by atoms with E-state index in [9.17, 15) is 0 Å². The third-order valence-corrected chi connectivity index (χ3v) is 3.16. The molecule has 0 aromatic heterocycles. The van der Waals surface area contributed by atoms with Crippen molar-refractivity contribution in [1.29, 1.82) is 0 Å². The predicted octanol–water partition coefficient (Wildman–Crippen LogP) is 0.376. The fraction of sp³-hybridized carbons (Fsp3) is 1.00. The molecule has 1 aliphatic heterocycles. The first-order chi connectivity index (χ1) is 7.63. The summed E-state index contributed by atoms with van der Waals surface area (Å²) in [7, 11) is 2.15. The molecule has 2 N–H and O–H groups in total.